The van der Waals surface area contributed by atoms with Crippen molar-refractivity contribution in [3.63, 3.8) is 0 Å². The zero-order chi connectivity index (χ0) is 11.3. The molecule has 1 rings (SSSR count). The summed E-state index contributed by atoms with van der Waals surface area (Å²) in [5.74, 6) is 0. The Kier molecular flexibility index (Phi) is 4.70. The van der Waals surface area contributed by atoms with E-state index in [0.717, 1.165) is 30.2 Å². The molecule has 0 radical (unpaired) electrons. The molecule has 0 aromatic carbocycles. The van der Waals surface area contributed by atoms with Crippen LogP contribution in [0.4, 0.5) is 0 Å². The van der Waals surface area contributed by atoms with Crippen molar-refractivity contribution in [3.05, 3.63) is 16.1 Å². The van der Waals surface area contributed by atoms with Gasteiger partial charge in [-0.15, -0.1) is 11.3 Å². The highest BCUT2D eigenvalue weighted by atomic mass is 32.1. The molecule has 0 atom stereocenters. The first kappa shape index (κ1) is 12.6. The van der Waals surface area contributed by atoms with E-state index in [9.17, 15) is 0 Å². The highest BCUT2D eigenvalue weighted by Gasteiger charge is 2.16. The fourth-order valence-corrected chi connectivity index (χ4v) is 2.12. The number of aryl methyl sites for hydroxylation is 1. The SMILES string of the molecule is Cc1csc(CNCC(C)(C)CCO)n1. The molecule has 0 aliphatic heterocycles. The summed E-state index contributed by atoms with van der Waals surface area (Å²) in [6.07, 6.45) is 0.830. The van der Waals surface area contributed by atoms with Crippen LogP contribution in [-0.4, -0.2) is 23.2 Å². The summed E-state index contributed by atoms with van der Waals surface area (Å²) in [7, 11) is 0. The van der Waals surface area contributed by atoms with E-state index < -0.39 is 0 Å². The van der Waals surface area contributed by atoms with Gasteiger partial charge in [-0.3, -0.25) is 0 Å². The molecule has 0 saturated heterocycles. The zero-order valence-corrected chi connectivity index (χ0v) is 10.5. The Hall–Kier alpha value is -0.450. The number of nitrogens with zero attached hydrogens (tertiary/aromatic N) is 1. The van der Waals surface area contributed by atoms with Crippen LogP contribution >= 0.6 is 11.3 Å². The number of aliphatic hydroxyl groups is 1. The second-order valence-electron chi connectivity index (χ2n) is 4.62. The van der Waals surface area contributed by atoms with Gasteiger partial charge in [0.25, 0.3) is 0 Å². The van der Waals surface area contributed by atoms with Gasteiger partial charge < -0.3 is 10.4 Å². The van der Waals surface area contributed by atoms with Gasteiger partial charge in [0.2, 0.25) is 0 Å². The molecule has 0 saturated carbocycles. The van der Waals surface area contributed by atoms with Crippen molar-refractivity contribution in [3.8, 4) is 0 Å². The van der Waals surface area contributed by atoms with Crippen molar-refractivity contribution < 1.29 is 5.11 Å². The summed E-state index contributed by atoms with van der Waals surface area (Å²) in [6.45, 7) is 8.31. The van der Waals surface area contributed by atoms with E-state index >= 15 is 0 Å². The van der Waals surface area contributed by atoms with Crippen molar-refractivity contribution in [1.29, 1.82) is 0 Å². The van der Waals surface area contributed by atoms with Crippen LogP contribution in [-0.2, 0) is 6.54 Å². The molecule has 0 spiro atoms. The molecule has 0 bridgehead atoms. The first-order valence-corrected chi connectivity index (χ1v) is 6.14. The number of hydrogen-bond donors (Lipinski definition) is 2. The minimum Gasteiger partial charge on any atom is -0.396 e. The van der Waals surface area contributed by atoms with E-state index in [-0.39, 0.29) is 12.0 Å². The van der Waals surface area contributed by atoms with Crippen LogP contribution in [0.3, 0.4) is 0 Å². The smallest absolute Gasteiger partial charge is 0.107 e. The Morgan fingerprint density at radius 3 is 2.80 bits per heavy atom. The highest BCUT2D eigenvalue weighted by molar-refractivity contribution is 7.09. The molecule has 1 heterocycles. The first-order chi connectivity index (χ1) is 7.03. The summed E-state index contributed by atoms with van der Waals surface area (Å²) in [6, 6.07) is 0. The second kappa shape index (κ2) is 5.58. The number of nitrogens with one attached hydrogen (secondary N) is 1. The molecule has 1 aromatic rings. The summed E-state index contributed by atoms with van der Waals surface area (Å²) in [5, 5.41) is 15.5. The quantitative estimate of drug-likeness (QED) is 0.782. The zero-order valence-electron chi connectivity index (χ0n) is 9.71. The Morgan fingerprint density at radius 2 is 2.27 bits per heavy atom. The van der Waals surface area contributed by atoms with Gasteiger partial charge in [0.15, 0.2) is 0 Å². The summed E-state index contributed by atoms with van der Waals surface area (Å²) in [4.78, 5) is 4.38. The molecule has 86 valence electrons. The van der Waals surface area contributed by atoms with Crippen LogP contribution < -0.4 is 5.32 Å². The monoisotopic (exact) mass is 228 g/mol. The van der Waals surface area contributed by atoms with Gasteiger partial charge in [-0.1, -0.05) is 13.8 Å². The average Bonchev–Trinajstić information content (AvgIpc) is 2.51. The minimum absolute atomic E-state index is 0.154. The number of aromatic nitrogens is 1. The van der Waals surface area contributed by atoms with Crippen LogP contribution in [0.2, 0.25) is 0 Å². The van der Waals surface area contributed by atoms with Gasteiger partial charge >= 0.3 is 0 Å². The van der Waals surface area contributed by atoms with E-state index in [1.807, 2.05) is 6.92 Å². The molecular weight excluding hydrogens is 208 g/mol. The Balaban J connectivity index is 2.27. The molecular formula is C11H20N2OS. The van der Waals surface area contributed by atoms with E-state index in [0.29, 0.717) is 0 Å². The van der Waals surface area contributed by atoms with Crippen LogP contribution in [0.1, 0.15) is 31.0 Å². The van der Waals surface area contributed by atoms with Crippen molar-refractivity contribution in [1.82, 2.24) is 10.3 Å². The maximum absolute atomic E-state index is 8.88. The molecule has 0 fully saturated rings. The van der Waals surface area contributed by atoms with Crippen molar-refractivity contribution in [2.24, 2.45) is 5.41 Å². The lowest BCUT2D eigenvalue weighted by Gasteiger charge is -2.23. The number of rotatable bonds is 6. The van der Waals surface area contributed by atoms with E-state index in [4.69, 9.17) is 5.11 Å². The largest absolute Gasteiger partial charge is 0.396 e. The standard InChI is InChI=1S/C11H20N2OS/c1-9-7-15-10(13-9)6-12-8-11(2,3)4-5-14/h7,12,14H,4-6,8H2,1-3H3. The molecule has 15 heavy (non-hydrogen) atoms. The third-order valence-corrected chi connectivity index (χ3v) is 3.30. The van der Waals surface area contributed by atoms with Gasteiger partial charge in [0, 0.05) is 30.8 Å². The van der Waals surface area contributed by atoms with Crippen LogP contribution in [0.5, 0.6) is 0 Å². The van der Waals surface area contributed by atoms with Gasteiger partial charge in [-0.2, -0.15) is 0 Å². The average molecular weight is 228 g/mol. The molecule has 0 aliphatic carbocycles. The third-order valence-electron chi connectivity index (χ3n) is 2.33. The maximum Gasteiger partial charge on any atom is 0.107 e. The predicted octanol–water partition coefficient (Wildman–Crippen LogP) is 1.95. The third kappa shape index (κ3) is 4.73. The summed E-state index contributed by atoms with van der Waals surface area (Å²) in [5.41, 5.74) is 1.24. The highest BCUT2D eigenvalue weighted by Crippen LogP contribution is 2.18. The molecule has 3 nitrogen and oxygen atoms in total. The summed E-state index contributed by atoms with van der Waals surface area (Å²) < 4.78 is 0. The lowest BCUT2D eigenvalue weighted by Crippen LogP contribution is -2.29. The van der Waals surface area contributed by atoms with Crippen LogP contribution in [0.25, 0.3) is 0 Å². The maximum atomic E-state index is 8.88. The van der Waals surface area contributed by atoms with Crippen molar-refractivity contribution in [2.75, 3.05) is 13.2 Å². The van der Waals surface area contributed by atoms with E-state index in [1.165, 1.54) is 0 Å². The second-order valence-corrected chi connectivity index (χ2v) is 5.57. The van der Waals surface area contributed by atoms with Gasteiger partial charge in [-0.25, -0.2) is 4.98 Å². The van der Waals surface area contributed by atoms with Crippen molar-refractivity contribution >= 4 is 11.3 Å². The van der Waals surface area contributed by atoms with Gasteiger partial charge in [-0.05, 0) is 18.8 Å². The number of aliphatic hydroxyl groups excluding tert-OH is 1. The van der Waals surface area contributed by atoms with E-state index in [2.05, 4.69) is 29.5 Å². The molecule has 4 heteroatoms. The number of hydrogen-bond acceptors (Lipinski definition) is 4. The minimum atomic E-state index is 0.154. The molecule has 0 amide bonds. The van der Waals surface area contributed by atoms with E-state index in [1.54, 1.807) is 11.3 Å². The Labute approximate surface area is 95.6 Å². The summed E-state index contributed by atoms with van der Waals surface area (Å²) >= 11 is 1.69. The topological polar surface area (TPSA) is 45.1 Å². The molecule has 2 N–H and O–H groups in total. The van der Waals surface area contributed by atoms with Gasteiger partial charge in [0.05, 0.1) is 0 Å². The normalized spacial score (nSPS) is 12.0. The van der Waals surface area contributed by atoms with Gasteiger partial charge in [0.1, 0.15) is 5.01 Å². The fourth-order valence-electron chi connectivity index (χ4n) is 1.38. The molecule has 0 aliphatic rings. The van der Waals surface area contributed by atoms with Crippen LogP contribution in [0, 0.1) is 12.3 Å². The molecule has 1 aromatic heterocycles. The predicted molar refractivity (Wildman–Crippen MR) is 64.0 cm³/mol. The number of thiazole rings is 1. The Bertz CT molecular complexity index is 297. The fraction of sp³-hybridized carbons (Fsp3) is 0.727. The lowest BCUT2D eigenvalue weighted by atomic mass is 9.90. The lowest BCUT2D eigenvalue weighted by molar-refractivity contribution is 0.207. The van der Waals surface area contributed by atoms with Crippen molar-refractivity contribution in [2.45, 2.75) is 33.7 Å². The Morgan fingerprint density at radius 1 is 1.53 bits per heavy atom. The molecule has 0 unspecified atom stereocenters. The van der Waals surface area contributed by atoms with Crippen LogP contribution in [0.15, 0.2) is 5.38 Å². The first-order valence-electron chi connectivity index (χ1n) is 5.26.